The largest absolute Gasteiger partial charge is 0.478 e. The predicted molar refractivity (Wildman–Crippen MR) is 69.6 cm³/mol. The highest BCUT2D eigenvalue weighted by Gasteiger charge is 2.20. The second kappa shape index (κ2) is 5.23. The molecule has 0 aliphatic carbocycles. The number of carbonyl (C=O) groups is 1. The topological polar surface area (TPSA) is 113 Å². The molecule has 0 bridgehead atoms. The molecule has 1 aromatic rings. The molecule has 0 amide bonds. The molecule has 7 nitrogen and oxygen atoms in total. The van der Waals surface area contributed by atoms with E-state index in [1.54, 1.807) is 13.8 Å². The van der Waals surface area contributed by atoms with Gasteiger partial charge in [0.05, 0.1) is 16.1 Å². The van der Waals surface area contributed by atoms with Gasteiger partial charge in [-0.15, -0.1) is 0 Å². The number of hydrogen-bond donors (Lipinski definition) is 3. The van der Waals surface area contributed by atoms with Crippen molar-refractivity contribution < 1.29 is 19.9 Å². The van der Waals surface area contributed by atoms with Gasteiger partial charge in [-0.3, -0.25) is 10.1 Å². The number of aromatic carboxylic acids is 1. The molecule has 0 saturated carbocycles. The van der Waals surface area contributed by atoms with Crippen LogP contribution in [-0.4, -0.2) is 33.3 Å². The predicted octanol–water partition coefficient (Wildman–Crippen LogP) is 1.78. The first-order chi connectivity index (χ1) is 8.61. The van der Waals surface area contributed by atoms with E-state index in [0.717, 1.165) is 6.07 Å². The molecule has 0 aromatic heterocycles. The third-order valence-electron chi connectivity index (χ3n) is 2.54. The Labute approximate surface area is 110 Å². The van der Waals surface area contributed by atoms with Gasteiger partial charge in [0.25, 0.3) is 5.69 Å². The Kier molecular flexibility index (Phi) is 4.10. The molecule has 0 heterocycles. The average molecular weight is 268 g/mol. The maximum atomic E-state index is 10.9. The van der Waals surface area contributed by atoms with Crippen LogP contribution in [0, 0.1) is 17.0 Å². The number of carboxylic acids is 1. The van der Waals surface area contributed by atoms with Gasteiger partial charge in [0.1, 0.15) is 0 Å². The molecule has 0 unspecified atom stereocenters. The number of anilines is 1. The summed E-state index contributed by atoms with van der Waals surface area (Å²) in [6, 6.07) is 2.34. The third-order valence-corrected chi connectivity index (χ3v) is 2.54. The van der Waals surface area contributed by atoms with Crippen LogP contribution in [0.25, 0.3) is 0 Å². The summed E-state index contributed by atoms with van der Waals surface area (Å²) in [6.45, 7) is 4.82. The maximum Gasteiger partial charge on any atom is 0.336 e. The lowest BCUT2D eigenvalue weighted by molar-refractivity contribution is -0.385. The standard InChI is InChI=1S/C12H16N2O5/c1-7-9(13-6-12(2,3)17)4-8(11(15)16)5-10(7)14(18)19/h4-5,13,17H,6H2,1-3H3,(H,15,16). The van der Waals surface area contributed by atoms with Crippen molar-refractivity contribution >= 4 is 17.3 Å². The number of hydrogen-bond acceptors (Lipinski definition) is 5. The molecule has 0 atom stereocenters. The molecule has 104 valence electrons. The van der Waals surface area contributed by atoms with E-state index in [0.29, 0.717) is 11.3 Å². The van der Waals surface area contributed by atoms with E-state index in [1.807, 2.05) is 0 Å². The summed E-state index contributed by atoms with van der Waals surface area (Å²) < 4.78 is 0. The van der Waals surface area contributed by atoms with E-state index in [2.05, 4.69) is 5.32 Å². The number of nitrogens with zero attached hydrogens (tertiary/aromatic N) is 1. The van der Waals surface area contributed by atoms with E-state index >= 15 is 0 Å². The summed E-state index contributed by atoms with van der Waals surface area (Å²) >= 11 is 0. The van der Waals surface area contributed by atoms with Gasteiger partial charge in [-0.25, -0.2) is 4.79 Å². The normalized spacial score (nSPS) is 11.2. The number of nitro benzene ring substituents is 1. The fraction of sp³-hybridized carbons (Fsp3) is 0.417. The van der Waals surface area contributed by atoms with Gasteiger partial charge in [-0.1, -0.05) is 0 Å². The molecule has 1 aromatic carbocycles. The molecule has 0 aliphatic rings. The highest BCUT2D eigenvalue weighted by Crippen LogP contribution is 2.28. The Hall–Kier alpha value is -2.15. The summed E-state index contributed by atoms with van der Waals surface area (Å²) in [4.78, 5) is 21.2. The second-order valence-electron chi connectivity index (χ2n) is 4.90. The molecule has 7 heteroatoms. The first-order valence-electron chi connectivity index (χ1n) is 5.60. The van der Waals surface area contributed by atoms with Crippen molar-refractivity contribution in [1.82, 2.24) is 0 Å². The van der Waals surface area contributed by atoms with Gasteiger partial charge in [0.2, 0.25) is 0 Å². The Balaban J connectivity index is 3.22. The molecule has 1 rings (SSSR count). The Morgan fingerprint density at radius 3 is 2.47 bits per heavy atom. The smallest absolute Gasteiger partial charge is 0.336 e. The Morgan fingerprint density at radius 2 is 2.05 bits per heavy atom. The molecule has 0 fully saturated rings. The fourth-order valence-electron chi connectivity index (χ4n) is 1.51. The van der Waals surface area contributed by atoms with Crippen molar-refractivity contribution in [1.29, 1.82) is 0 Å². The molecule has 0 saturated heterocycles. The van der Waals surface area contributed by atoms with Gasteiger partial charge in [0.15, 0.2) is 0 Å². The minimum atomic E-state index is -1.24. The molecular weight excluding hydrogens is 252 g/mol. The molecule has 0 aliphatic heterocycles. The number of aliphatic hydroxyl groups is 1. The lowest BCUT2D eigenvalue weighted by Crippen LogP contribution is -2.29. The average Bonchev–Trinajstić information content (AvgIpc) is 2.25. The van der Waals surface area contributed by atoms with Crippen molar-refractivity contribution in [3.05, 3.63) is 33.4 Å². The van der Waals surface area contributed by atoms with E-state index in [1.165, 1.54) is 13.0 Å². The molecule has 19 heavy (non-hydrogen) atoms. The van der Waals surface area contributed by atoms with Crippen LogP contribution in [-0.2, 0) is 0 Å². The lowest BCUT2D eigenvalue weighted by atomic mass is 10.1. The molecular formula is C12H16N2O5. The van der Waals surface area contributed by atoms with Gasteiger partial charge >= 0.3 is 5.97 Å². The van der Waals surface area contributed by atoms with Gasteiger partial charge < -0.3 is 15.5 Å². The van der Waals surface area contributed by atoms with Crippen LogP contribution in [0.15, 0.2) is 12.1 Å². The molecule has 0 spiro atoms. The second-order valence-corrected chi connectivity index (χ2v) is 4.90. The van der Waals surface area contributed by atoms with E-state index in [-0.39, 0.29) is 17.8 Å². The highest BCUT2D eigenvalue weighted by molar-refractivity contribution is 5.90. The van der Waals surface area contributed by atoms with E-state index < -0.39 is 16.5 Å². The Morgan fingerprint density at radius 1 is 1.47 bits per heavy atom. The summed E-state index contributed by atoms with van der Waals surface area (Å²) in [7, 11) is 0. The molecule has 3 N–H and O–H groups in total. The van der Waals surface area contributed by atoms with E-state index in [4.69, 9.17) is 5.11 Å². The quantitative estimate of drug-likeness (QED) is 0.554. The van der Waals surface area contributed by atoms with Crippen LogP contribution >= 0.6 is 0 Å². The first kappa shape index (κ1) is 14.9. The molecule has 0 radical (unpaired) electrons. The number of nitro groups is 1. The summed E-state index contributed by atoms with van der Waals surface area (Å²) in [5, 5.41) is 32.3. The zero-order valence-electron chi connectivity index (χ0n) is 10.9. The number of nitrogens with one attached hydrogen (secondary N) is 1. The zero-order chi connectivity index (χ0) is 14.8. The van der Waals surface area contributed by atoms with Crippen LogP contribution in [0.3, 0.4) is 0 Å². The van der Waals surface area contributed by atoms with Crippen molar-refractivity contribution in [2.45, 2.75) is 26.4 Å². The van der Waals surface area contributed by atoms with Crippen molar-refractivity contribution in [2.75, 3.05) is 11.9 Å². The van der Waals surface area contributed by atoms with Crippen LogP contribution in [0.2, 0.25) is 0 Å². The summed E-state index contributed by atoms with van der Waals surface area (Å²) in [6.07, 6.45) is 0. The zero-order valence-corrected chi connectivity index (χ0v) is 10.9. The van der Waals surface area contributed by atoms with E-state index in [9.17, 15) is 20.0 Å². The summed E-state index contributed by atoms with van der Waals surface area (Å²) in [5.41, 5.74) is -0.790. The summed E-state index contributed by atoms with van der Waals surface area (Å²) in [5.74, 6) is -1.24. The Bertz CT molecular complexity index is 520. The van der Waals surface area contributed by atoms with Crippen LogP contribution in [0.4, 0.5) is 11.4 Å². The van der Waals surface area contributed by atoms with Crippen LogP contribution in [0.5, 0.6) is 0 Å². The van der Waals surface area contributed by atoms with Crippen LogP contribution in [0.1, 0.15) is 29.8 Å². The monoisotopic (exact) mass is 268 g/mol. The SMILES string of the molecule is Cc1c(NCC(C)(C)O)cc(C(=O)O)cc1[N+](=O)[O-]. The van der Waals surface area contributed by atoms with Gasteiger partial charge in [0, 0.05) is 23.9 Å². The van der Waals surface area contributed by atoms with Crippen molar-refractivity contribution in [3.63, 3.8) is 0 Å². The minimum Gasteiger partial charge on any atom is -0.478 e. The first-order valence-corrected chi connectivity index (χ1v) is 5.60. The minimum absolute atomic E-state index is 0.147. The highest BCUT2D eigenvalue weighted by atomic mass is 16.6. The fourth-order valence-corrected chi connectivity index (χ4v) is 1.51. The van der Waals surface area contributed by atoms with Gasteiger partial charge in [-0.05, 0) is 26.8 Å². The number of carboxylic acid groups (broad SMARTS) is 1. The number of benzene rings is 1. The van der Waals surface area contributed by atoms with Crippen molar-refractivity contribution in [2.24, 2.45) is 0 Å². The number of rotatable bonds is 5. The van der Waals surface area contributed by atoms with Crippen LogP contribution < -0.4 is 5.32 Å². The lowest BCUT2D eigenvalue weighted by Gasteiger charge is -2.19. The van der Waals surface area contributed by atoms with Crippen molar-refractivity contribution in [3.8, 4) is 0 Å². The van der Waals surface area contributed by atoms with Gasteiger partial charge in [-0.2, -0.15) is 0 Å². The maximum absolute atomic E-state index is 10.9. The third kappa shape index (κ3) is 3.92.